The molecule has 29 heavy (non-hydrogen) atoms. The van der Waals surface area contributed by atoms with E-state index in [0.717, 1.165) is 50.5 Å². The van der Waals surface area contributed by atoms with Gasteiger partial charge >= 0.3 is 6.03 Å². The molecule has 1 saturated heterocycles. The van der Waals surface area contributed by atoms with Crippen LogP contribution in [0.25, 0.3) is 0 Å². The molecule has 1 N–H and O–H groups in total. The number of anilines is 1. The smallest absolute Gasteiger partial charge is 0.317 e. The summed E-state index contributed by atoms with van der Waals surface area (Å²) in [6.07, 6.45) is 8.46. The summed E-state index contributed by atoms with van der Waals surface area (Å²) in [6, 6.07) is 18.0. The Hall–Kier alpha value is -2.33. The van der Waals surface area contributed by atoms with E-state index in [1.807, 2.05) is 11.0 Å². The fraction of sp³-hybridized carbons (Fsp3) is 0.480. The van der Waals surface area contributed by atoms with Crippen LogP contribution in [-0.2, 0) is 12.8 Å². The summed E-state index contributed by atoms with van der Waals surface area (Å²) in [4.78, 5) is 17.7. The van der Waals surface area contributed by atoms with Gasteiger partial charge in [-0.05, 0) is 67.3 Å². The molecule has 1 aliphatic carbocycles. The summed E-state index contributed by atoms with van der Waals surface area (Å²) in [5.74, 6) is 0. The number of likely N-dealkylation sites (tertiary alicyclic amines) is 1. The average Bonchev–Trinajstić information content (AvgIpc) is 3.11. The molecule has 5 rings (SSSR count). The van der Waals surface area contributed by atoms with Crippen molar-refractivity contribution in [1.29, 1.82) is 0 Å². The maximum absolute atomic E-state index is 13.0. The van der Waals surface area contributed by atoms with Gasteiger partial charge in [-0.1, -0.05) is 42.8 Å². The summed E-state index contributed by atoms with van der Waals surface area (Å²) in [7, 11) is 0. The molecule has 2 aromatic rings. The Bertz CT molecular complexity index is 862. The Labute approximate surface area is 173 Å². The van der Waals surface area contributed by atoms with Crippen LogP contribution in [0.2, 0.25) is 0 Å². The largest absolute Gasteiger partial charge is 0.322 e. The van der Waals surface area contributed by atoms with Crippen molar-refractivity contribution in [2.75, 3.05) is 25.0 Å². The Morgan fingerprint density at radius 3 is 2.41 bits per heavy atom. The molecular weight excluding hydrogens is 358 g/mol. The Morgan fingerprint density at radius 2 is 1.66 bits per heavy atom. The highest BCUT2D eigenvalue weighted by Crippen LogP contribution is 2.33. The van der Waals surface area contributed by atoms with Crippen LogP contribution in [0.15, 0.2) is 48.5 Å². The van der Waals surface area contributed by atoms with E-state index in [1.54, 1.807) is 0 Å². The number of rotatable bonds is 3. The number of benzene rings is 2. The summed E-state index contributed by atoms with van der Waals surface area (Å²) in [5.41, 5.74) is 5.03. The lowest BCUT2D eigenvalue weighted by Crippen LogP contribution is -2.41. The molecule has 152 valence electrons. The van der Waals surface area contributed by atoms with Crippen molar-refractivity contribution in [2.24, 2.45) is 0 Å². The van der Waals surface area contributed by atoms with E-state index in [4.69, 9.17) is 0 Å². The van der Waals surface area contributed by atoms with E-state index in [0.29, 0.717) is 0 Å². The standard InChI is InChI=1S/C25H31N3O/c29-25(28-15-5-10-24(28)20-6-2-1-3-7-20)26-22-12-11-19-13-16-27(23-8-4-9-23)17-14-21(19)18-22/h1-3,6-7,11-12,18,23-24H,4-5,8-10,13-17H2,(H,26,29). The molecule has 1 unspecified atom stereocenters. The number of amides is 2. The van der Waals surface area contributed by atoms with Crippen molar-refractivity contribution < 1.29 is 4.79 Å². The van der Waals surface area contributed by atoms with Gasteiger partial charge in [-0.25, -0.2) is 4.79 Å². The molecule has 1 saturated carbocycles. The first-order valence-corrected chi connectivity index (χ1v) is 11.3. The zero-order valence-corrected chi connectivity index (χ0v) is 17.1. The van der Waals surface area contributed by atoms with Crippen LogP contribution in [-0.4, -0.2) is 41.5 Å². The van der Waals surface area contributed by atoms with Crippen molar-refractivity contribution >= 4 is 11.7 Å². The fourth-order valence-electron chi connectivity index (χ4n) is 5.16. The second-order valence-electron chi connectivity index (χ2n) is 8.80. The van der Waals surface area contributed by atoms with Crippen LogP contribution in [0, 0.1) is 0 Å². The molecule has 0 spiro atoms. The second kappa shape index (κ2) is 8.19. The number of urea groups is 1. The lowest BCUT2D eigenvalue weighted by Gasteiger charge is -2.36. The minimum Gasteiger partial charge on any atom is -0.317 e. The molecule has 0 aromatic heterocycles. The summed E-state index contributed by atoms with van der Waals surface area (Å²) < 4.78 is 0. The molecule has 3 aliphatic rings. The van der Waals surface area contributed by atoms with E-state index in [2.05, 4.69) is 52.7 Å². The Balaban J connectivity index is 1.26. The summed E-state index contributed by atoms with van der Waals surface area (Å²) >= 11 is 0. The van der Waals surface area contributed by atoms with Gasteiger partial charge < -0.3 is 10.2 Å². The lowest BCUT2D eigenvalue weighted by molar-refractivity contribution is 0.133. The first-order valence-electron chi connectivity index (χ1n) is 11.3. The van der Waals surface area contributed by atoms with Crippen LogP contribution in [0.5, 0.6) is 0 Å². The Kier molecular flexibility index (Phi) is 5.28. The van der Waals surface area contributed by atoms with E-state index in [-0.39, 0.29) is 12.1 Å². The minimum absolute atomic E-state index is 0.0287. The highest BCUT2D eigenvalue weighted by atomic mass is 16.2. The number of hydrogen-bond donors (Lipinski definition) is 1. The topological polar surface area (TPSA) is 35.6 Å². The van der Waals surface area contributed by atoms with Crippen LogP contribution in [0.1, 0.15) is 54.8 Å². The predicted molar refractivity (Wildman–Crippen MR) is 117 cm³/mol. The zero-order chi connectivity index (χ0) is 19.6. The van der Waals surface area contributed by atoms with Gasteiger partial charge in [0.05, 0.1) is 6.04 Å². The summed E-state index contributed by atoms with van der Waals surface area (Å²) in [6.45, 7) is 3.15. The van der Waals surface area contributed by atoms with Crippen molar-refractivity contribution in [2.45, 2.75) is 57.0 Å². The van der Waals surface area contributed by atoms with Crippen molar-refractivity contribution in [1.82, 2.24) is 9.80 Å². The maximum atomic E-state index is 13.0. The van der Waals surface area contributed by atoms with Crippen molar-refractivity contribution in [3.8, 4) is 0 Å². The van der Waals surface area contributed by atoms with E-state index in [9.17, 15) is 4.79 Å². The van der Waals surface area contributed by atoms with Crippen LogP contribution in [0.4, 0.5) is 10.5 Å². The third-order valence-corrected chi connectivity index (χ3v) is 7.08. The average molecular weight is 390 g/mol. The maximum Gasteiger partial charge on any atom is 0.322 e. The normalized spacial score (nSPS) is 22.6. The predicted octanol–water partition coefficient (Wildman–Crippen LogP) is 5.01. The highest BCUT2D eigenvalue weighted by Gasteiger charge is 2.30. The van der Waals surface area contributed by atoms with Crippen LogP contribution < -0.4 is 5.32 Å². The van der Waals surface area contributed by atoms with Gasteiger partial charge in [0, 0.05) is 31.4 Å². The van der Waals surface area contributed by atoms with Crippen molar-refractivity contribution in [3.05, 3.63) is 65.2 Å². The molecule has 0 radical (unpaired) electrons. The molecular formula is C25H31N3O. The molecule has 1 atom stereocenters. The zero-order valence-electron chi connectivity index (χ0n) is 17.1. The molecule has 2 amide bonds. The number of nitrogens with zero attached hydrogens (tertiary/aromatic N) is 2. The highest BCUT2D eigenvalue weighted by molar-refractivity contribution is 5.90. The minimum atomic E-state index is 0.0287. The van der Waals surface area contributed by atoms with Crippen molar-refractivity contribution in [3.63, 3.8) is 0 Å². The van der Waals surface area contributed by atoms with Crippen LogP contribution in [0.3, 0.4) is 0 Å². The number of carbonyl (C=O) groups excluding carboxylic acids is 1. The number of fused-ring (bicyclic) bond motifs is 1. The molecule has 0 bridgehead atoms. The number of carbonyl (C=O) groups is 1. The molecule has 4 heteroatoms. The number of hydrogen-bond acceptors (Lipinski definition) is 2. The van der Waals surface area contributed by atoms with Gasteiger partial charge in [-0.3, -0.25) is 4.90 Å². The molecule has 4 nitrogen and oxygen atoms in total. The quantitative estimate of drug-likeness (QED) is 0.801. The van der Waals surface area contributed by atoms with Gasteiger partial charge in [0.25, 0.3) is 0 Å². The van der Waals surface area contributed by atoms with Gasteiger partial charge in [-0.2, -0.15) is 0 Å². The van der Waals surface area contributed by atoms with E-state index in [1.165, 1.54) is 42.5 Å². The monoisotopic (exact) mass is 389 g/mol. The molecule has 2 aromatic carbocycles. The SMILES string of the molecule is O=C(Nc1ccc2c(c1)CCN(C1CCC1)CC2)N1CCCC1c1ccccc1. The van der Waals surface area contributed by atoms with Gasteiger partial charge in [0.1, 0.15) is 0 Å². The first kappa shape index (κ1) is 18.7. The first-order chi connectivity index (χ1) is 14.3. The second-order valence-corrected chi connectivity index (χ2v) is 8.80. The lowest BCUT2D eigenvalue weighted by atomic mass is 9.91. The van der Waals surface area contributed by atoms with E-state index >= 15 is 0 Å². The van der Waals surface area contributed by atoms with Crippen LogP contribution >= 0.6 is 0 Å². The van der Waals surface area contributed by atoms with Gasteiger partial charge in [0.15, 0.2) is 0 Å². The Morgan fingerprint density at radius 1 is 0.862 bits per heavy atom. The van der Waals surface area contributed by atoms with Gasteiger partial charge in [0.2, 0.25) is 0 Å². The third-order valence-electron chi connectivity index (χ3n) is 7.08. The van der Waals surface area contributed by atoms with Gasteiger partial charge in [-0.15, -0.1) is 0 Å². The molecule has 2 fully saturated rings. The molecule has 2 aliphatic heterocycles. The molecule has 2 heterocycles. The fourth-order valence-corrected chi connectivity index (χ4v) is 5.16. The third kappa shape index (κ3) is 3.91. The summed E-state index contributed by atoms with van der Waals surface area (Å²) in [5, 5.41) is 3.18. The van der Waals surface area contributed by atoms with E-state index < -0.39 is 0 Å². The number of nitrogens with one attached hydrogen (secondary N) is 1.